The quantitative estimate of drug-likeness (QED) is 0.926. The van der Waals surface area contributed by atoms with Crippen LogP contribution in [-0.4, -0.2) is 43.6 Å². The van der Waals surface area contributed by atoms with E-state index >= 15 is 0 Å². The Labute approximate surface area is 125 Å². The lowest BCUT2D eigenvalue weighted by Gasteiger charge is -2.37. The Hall–Kier alpha value is -1.62. The summed E-state index contributed by atoms with van der Waals surface area (Å²) in [7, 11) is 1.45. The summed E-state index contributed by atoms with van der Waals surface area (Å²) in [6, 6.07) is 4.88. The molecule has 0 aliphatic carbocycles. The lowest BCUT2D eigenvalue weighted by molar-refractivity contribution is 0.0638. The molecule has 1 aromatic rings. The van der Waals surface area contributed by atoms with Gasteiger partial charge in [0.2, 0.25) is 0 Å². The molecule has 1 aromatic carbocycles. The second kappa shape index (κ2) is 6.89. The Morgan fingerprint density at radius 3 is 2.90 bits per heavy atom. The largest absolute Gasteiger partial charge is 0.496 e. The van der Waals surface area contributed by atoms with Crippen LogP contribution < -0.4 is 10.1 Å². The fraction of sp³-hybridized carbons (Fsp3) is 0.562. The van der Waals surface area contributed by atoms with E-state index in [9.17, 15) is 9.18 Å². The molecule has 5 heteroatoms. The molecule has 1 N–H and O–H groups in total. The fourth-order valence-corrected chi connectivity index (χ4v) is 2.94. The lowest BCUT2D eigenvalue weighted by atomic mass is 9.93. The molecule has 2 rings (SSSR count). The molecule has 0 saturated carbocycles. The van der Waals surface area contributed by atoms with Crippen molar-refractivity contribution in [3.8, 4) is 5.75 Å². The van der Waals surface area contributed by atoms with Gasteiger partial charge in [-0.3, -0.25) is 4.79 Å². The van der Waals surface area contributed by atoms with E-state index in [1.807, 2.05) is 0 Å². The van der Waals surface area contributed by atoms with Crippen molar-refractivity contribution in [2.75, 3.05) is 26.7 Å². The number of halogens is 1. The van der Waals surface area contributed by atoms with Gasteiger partial charge in [0.15, 0.2) is 0 Å². The molecule has 21 heavy (non-hydrogen) atoms. The van der Waals surface area contributed by atoms with Crippen LogP contribution in [0.25, 0.3) is 0 Å². The third-order valence-electron chi connectivity index (χ3n) is 4.07. The molecule has 1 fully saturated rings. The minimum Gasteiger partial charge on any atom is -0.496 e. The van der Waals surface area contributed by atoms with Gasteiger partial charge in [0, 0.05) is 19.1 Å². The van der Waals surface area contributed by atoms with Gasteiger partial charge in [-0.05, 0) is 31.0 Å². The Morgan fingerprint density at radius 1 is 1.52 bits per heavy atom. The zero-order chi connectivity index (χ0) is 15.4. The van der Waals surface area contributed by atoms with Crippen LogP contribution in [0.15, 0.2) is 18.2 Å². The molecule has 1 heterocycles. The summed E-state index contributed by atoms with van der Waals surface area (Å²) in [6.07, 6.45) is 0.886. The second-order valence-electron chi connectivity index (χ2n) is 5.50. The highest BCUT2D eigenvalue weighted by molar-refractivity contribution is 5.97. The molecule has 2 unspecified atom stereocenters. The van der Waals surface area contributed by atoms with Gasteiger partial charge in [-0.15, -0.1) is 0 Å². The van der Waals surface area contributed by atoms with Gasteiger partial charge < -0.3 is 15.0 Å². The number of nitrogens with zero attached hydrogens (tertiary/aromatic N) is 1. The fourth-order valence-electron chi connectivity index (χ4n) is 2.94. The van der Waals surface area contributed by atoms with Gasteiger partial charge in [0.05, 0.1) is 7.11 Å². The van der Waals surface area contributed by atoms with Gasteiger partial charge in [-0.2, -0.15) is 0 Å². The topological polar surface area (TPSA) is 41.6 Å². The number of likely N-dealkylation sites (tertiary alicyclic amines) is 1. The van der Waals surface area contributed by atoms with Crippen molar-refractivity contribution < 1.29 is 13.9 Å². The van der Waals surface area contributed by atoms with Crippen molar-refractivity contribution in [1.82, 2.24) is 10.2 Å². The third kappa shape index (κ3) is 3.35. The number of benzene rings is 1. The van der Waals surface area contributed by atoms with E-state index in [0.29, 0.717) is 30.8 Å². The van der Waals surface area contributed by atoms with Gasteiger partial charge >= 0.3 is 0 Å². The SMILES string of the molecule is CCNC1CCN(C(=O)c2c(F)cccc2OC)CC1C. The van der Waals surface area contributed by atoms with Crippen LogP contribution in [0.1, 0.15) is 30.6 Å². The van der Waals surface area contributed by atoms with Crippen molar-refractivity contribution >= 4 is 5.91 Å². The Balaban J connectivity index is 2.15. The highest BCUT2D eigenvalue weighted by atomic mass is 19.1. The summed E-state index contributed by atoms with van der Waals surface area (Å²) in [5.41, 5.74) is 0.0362. The maximum Gasteiger partial charge on any atom is 0.260 e. The highest BCUT2D eigenvalue weighted by Gasteiger charge is 2.31. The van der Waals surface area contributed by atoms with Crippen LogP contribution in [0, 0.1) is 11.7 Å². The maximum absolute atomic E-state index is 14.0. The van der Waals surface area contributed by atoms with E-state index in [-0.39, 0.29) is 11.5 Å². The summed E-state index contributed by atoms with van der Waals surface area (Å²) >= 11 is 0. The van der Waals surface area contributed by atoms with E-state index in [1.165, 1.54) is 13.2 Å². The summed E-state index contributed by atoms with van der Waals surface area (Å²) in [5, 5.41) is 3.43. The molecule has 0 aromatic heterocycles. The minimum atomic E-state index is -0.527. The molecule has 0 bridgehead atoms. The zero-order valence-electron chi connectivity index (χ0n) is 12.9. The summed E-state index contributed by atoms with van der Waals surface area (Å²) in [4.78, 5) is 14.3. The first kappa shape index (κ1) is 15.8. The molecule has 1 aliphatic heterocycles. The second-order valence-corrected chi connectivity index (χ2v) is 5.50. The number of amides is 1. The van der Waals surface area contributed by atoms with Gasteiger partial charge in [-0.1, -0.05) is 19.9 Å². The van der Waals surface area contributed by atoms with Crippen LogP contribution in [0.2, 0.25) is 0 Å². The number of ether oxygens (including phenoxy) is 1. The number of hydrogen-bond donors (Lipinski definition) is 1. The Kier molecular flexibility index (Phi) is 5.17. The molecular formula is C16H23FN2O2. The van der Waals surface area contributed by atoms with Crippen LogP contribution in [0.4, 0.5) is 4.39 Å². The summed E-state index contributed by atoms with van der Waals surface area (Å²) in [5.74, 6) is -0.172. The monoisotopic (exact) mass is 294 g/mol. The first-order chi connectivity index (χ1) is 10.1. The lowest BCUT2D eigenvalue weighted by Crippen LogP contribution is -2.50. The van der Waals surface area contributed by atoms with Crippen molar-refractivity contribution in [1.29, 1.82) is 0 Å². The number of piperidine rings is 1. The number of nitrogens with one attached hydrogen (secondary N) is 1. The number of carbonyl (C=O) groups excluding carboxylic acids is 1. The average Bonchev–Trinajstić information content (AvgIpc) is 2.48. The normalized spacial score (nSPS) is 22.2. The van der Waals surface area contributed by atoms with Crippen molar-refractivity contribution in [2.24, 2.45) is 5.92 Å². The smallest absolute Gasteiger partial charge is 0.260 e. The standard InChI is InChI=1S/C16H23FN2O2/c1-4-18-13-8-9-19(10-11(13)2)16(20)15-12(17)6-5-7-14(15)21-3/h5-7,11,13,18H,4,8-10H2,1-3H3. The molecule has 1 aliphatic rings. The summed E-state index contributed by atoms with van der Waals surface area (Å²) < 4.78 is 19.1. The molecule has 116 valence electrons. The van der Waals surface area contributed by atoms with Crippen LogP contribution >= 0.6 is 0 Å². The molecule has 1 amide bonds. The third-order valence-corrected chi connectivity index (χ3v) is 4.07. The molecule has 1 saturated heterocycles. The average molecular weight is 294 g/mol. The first-order valence-electron chi connectivity index (χ1n) is 7.43. The number of carbonyl (C=O) groups is 1. The summed E-state index contributed by atoms with van der Waals surface area (Å²) in [6.45, 7) is 6.39. The molecule has 0 spiro atoms. The molecule has 0 radical (unpaired) electrons. The maximum atomic E-state index is 14.0. The van der Waals surface area contributed by atoms with Crippen molar-refractivity contribution in [2.45, 2.75) is 26.3 Å². The van der Waals surface area contributed by atoms with Crippen molar-refractivity contribution in [3.05, 3.63) is 29.6 Å². The van der Waals surface area contributed by atoms with Gasteiger partial charge in [0.25, 0.3) is 5.91 Å². The van der Waals surface area contributed by atoms with Crippen molar-refractivity contribution in [3.63, 3.8) is 0 Å². The van der Waals surface area contributed by atoms with Crippen LogP contribution in [0.3, 0.4) is 0 Å². The number of methoxy groups -OCH3 is 1. The number of rotatable bonds is 4. The van der Waals surface area contributed by atoms with Gasteiger partial charge in [-0.25, -0.2) is 4.39 Å². The van der Waals surface area contributed by atoms with E-state index in [2.05, 4.69) is 19.2 Å². The van der Waals surface area contributed by atoms with Gasteiger partial charge in [0.1, 0.15) is 17.1 Å². The predicted octanol–water partition coefficient (Wildman–Crippen LogP) is 2.29. The Morgan fingerprint density at radius 2 is 2.29 bits per heavy atom. The number of hydrogen-bond acceptors (Lipinski definition) is 3. The van der Waals surface area contributed by atoms with E-state index in [0.717, 1.165) is 13.0 Å². The Bertz CT molecular complexity index is 507. The van der Waals surface area contributed by atoms with Crippen LogP contribution in [-0.2, 0) is 0 Å². The predicted molar refractivity (Wildman–Crippen MR) is 80.1 cm³/mol. The van der Waals surface area contributed by atoms with Crippen LogP contribution in [0.5, 0.6) is 5.75 Å². The highest BCUT2D eigenvalue weighted by Crippen LogP contribution is 2.25. The minimum absolute atomic E-state index is 0.0362. The molecular weight excluding hydrogens is 271 g/mol. The molecule has 4 nitrogen and oxygen atoms in total. The van der Waals surface area contributed by atoms with E-state index < -0.39 is 5.82 Å². The van der Waals surface area contributed by atoms with E-state index in [4.69, 9.17) is 4.74 Å². The zero-order valence-corrected chi connectivity index (χ0v) is 12.9. The first-order valence-corrected chi connectivity index (χ1v) is 7.43. The molecule has 2 atom stereocenters. The van der Waals surface area contributed by atoms with E-state index in [1.54, 1.807) is 17.0 Å².